The molecule has 256 valence electrons. The molecule has 0 bridgehead atoms. The number of ketones is 3. The van der Waals surface area contributed by atoms with E-state index in [-0.39, 0.29) is 34.4 Å². The molecule has 0 saturated carbocycles. The van der Waals surface area contributed by atoms with Crippen molar-refractivity contribution in [3.05, 3.63) is 81.9 Å². The quantitative estimate of drug-likeness (QED) is 0.0962. The molecule has 4 unspecified atom stereocenters. The van der Waals surface area contributed by atoms with Crippen molar-refractivity contribution >= 4 is 35.5 Å². The molecule has 6 rings (SSSR count). The lowest BCUT2D eigenvalue weighted by Crippen LogP contribution is -2.62. The normalized spacial score (nSPS) is 25.9. The van der Waals surface area contributed by atoms with Crippen LogP contribution in [0.4, 0.5) is 4.79 Å². The predicted molar refractivity (Wildman–Crippen MR) is 171 cm³/mol. The number of aliphatic hydroxyl groups excluding tert-OH is 2. The zero-order valence-electron chi connectivity index (χ0n) is 26.5. The summed E-state index contributed by atoms with van der Waals surface area (Å²) >= 11 is 0. The molecule has 0 radical (unpaired) electrons. The molecule has 1 heterocycles. The Balaban J connectivity index is 1.41. The van der Waals surface area contributed by atoms with Crippen LogP contribution in [0.5, 0.6) is 17.2 Å². The van der Waals surface area contributed by atoms with Crippen LogP contribution < -0.4 is 15.4 Å². The molecule has 1 fully saturated rings. The maximum Gasteiger partial charge on any atom is 0.389 e. The van der Waals surface area contributed by atoms with Crippen LogP contribution in [0.25, 0.3) is 0 Å². The maximum absolute atomic E-state index is 13.9. The van der Waals surface area contributed by atoms with Gasteiger partial charge in [-0.15, -0.1) is 0 Å². The highest BCUT2D eigenvalue weighted by molar-refractivity contribution is 6.96. The molecule has 3 aromatic carbocycles. The fraction of sp³-hybridized carbons (Fsp3) is 0.353. The van der Waals surface area contributed by atoms with Gasteiger partial charge in [-0.05, 0) is 13.0 Å². The summed E-state index contributed by atoms with van der Waals surface area (Å²) in [6.07, 6.45) is -6.19. The van der Waals surface area contributed by atoms with Crippen molar-refractivity contribution < 1.29 is 64.0 Å². The standard InChI is InChI=1S/C34H34BNO13/c1-15-28(39)19(36-35(33(44)45)16-7-4-3-5-8-16)11-23(48-15)49-21-13-34(46,22(38)14-37)12-18-25(21)32(43)27-26(30(18)41)29(40)17-9-6-10-20(47-2)24(17)31(27)42/h3-10,15,19,21,23,28,36-37,39,41,43,46H,11-14H2,1-2H3,(H,44,45)/t15?,19?,21-,23?,28?,34-/m0/s1. The molecule has 1 aliphatic heterocycles. The number of Topliss-reactive ketones (excluding diaryl/α,β-unsaturated/α-hetero) is 1. The van der Waals surface area contributed by atoms with Crippen LogP contribution in [0.3, 0.4) is 0 Å². The molecule has 0 spiro atoms. The molecule has 3 aromatic rings. The predicted octanol–water partition coefficient (Wildman–Crippen LogP) is 0.791. The second-order valence-electron chi connectivity index (χ2n) is 12.5. The molecular weight excluding hydrogens is 641 g/mol. The third kappa shape index (κ3) is 5.77. The first kappa shape index (κ1) is 34.2. The van der Waals surface area contributed by atoms with E-state index >= 15 is 0 Å². The summed E-state index contributed by atoms with van der Waals surface area (Å²) in [6, 6.07) is 11.7. The fourth-order valence-corrected chi connectivity index (χ4v) is 7.05. The minimum atomic E-state index is -2.34. The van der Waals surface area contributed by atoms with Crippen molar-refractivity contribution in [2.45, 2.75) is 62.4 Å². The number of phenols is 2. The first-order valence-corrected chi connectivity index (χ1v) is 15.6. The van der Waals surface area contributed by atoms with Crippen molar-refractivity contribution in [3.8, 4) is 17.2 Å². The third-order valence-electron chi connectivity index (χ3n) is 9.52. The fourth-order valence-electron chi connectivity index (χ4n) is 7.05. The lowest BCUT2D eigenvalue weighted by molar-refractivity contribution is -0.248. The van der Waals surface area contributed by atoms with Crippen LogP contribution in [-0.2, 0) is 20.7 Å². The monoisotopic (exact) mass is 675 g/mol. The molecule has 3 aliphatic rings. The number of fused-ring (bicyclic) bond motifs is 3. The first-order valence-electron chi connectivity index (χ1n) is 15.6. The largest absolute Gasteiger partial charge is 0.507 e. The molecule has 0 amide bonds. The molecule has 15 heteroatoms. The number of methoxy groups -OCH3 is 1. The van der Waals surface area contributed by atoms with Gasteiger partial charge in [-0.3, -0.25) is 19.2 Å². The van der Waals surface area contributed by atoms with Gasteiger partial charge >= 0.3 is 6.85 Å². The summed E-state index contributed by atoms with van der Waals surface area (Å²) < 4.78 is 17.4. The molecule has 1 saturated heterocycles. The van der Waals surface area contributed by atoms with Crippen molar-refractivity contribution in [2.75, 3.05) is 13.7 Å². The van der Waals surface area contributed by atoms with Gasteiger partial charge in [0.05, 0.1) is 42.1 Å². The second kappa shape index (κ2) is 13.0. The summed E-state index contributed by atoms with van der Waals surface area (Å²) in [6.45, 7) is -0.764. The topological polar surface area (TPSA) is 229 Å². The van der Waals surface area contributed by atoms with Crippen LogP contribution in [-0.4, -0.2) is 105 Å². The number of aromatic hydroxyl groups is 2. The highest BCUT2D eigenvalue weighted by Crippen LogP contribution is 2.52. The van der Waals surface area contributed by atoms with E-state index in [1.807, 2.05) is 0 Å². The van der Waals surface area contributed by atoms with E-state index in [0.29, 0.717) is 5.46 Å². The Hall–Kier alpha value is -4.64. The Labute approximate surface area is 280 Å². The van der Waals surface area contributed by atoms with Gasteiger partial charge in [-0.1, -0.05) is 47.9 Å². The number of aliphatic hydroxyl groups is 3. The van der Waals surface area contributed by atoms with Gasteiger partial charge < -0.3 is 50.1 Å². The highest BCUT2D eigenvalue weighted by atomic mass is 16.7. The Morgan fingerprint density at radius 2 is 1.71 bits per heavy atom. The smallest absolute Gasteiger partial charge is 0.389 e. The molecule has 49 heavy (non-hydrogen) atoms. The number of hydrogen-bond donors (Lipinski definition) is 7. The summed E-state index contributed by atoms with van der Waals surface area (Å²) in [5.74, 6) is -5.28. The Morgan fingerprint density at radius 3 is 2.37 bits per heavy atom. The van der Waals surface area contributed by atoms with Gasteiger partial charge in [-0.25, -0.2) is 0 Å². The lowest BCUT2D eigenvalue weighted by Gasteiger charge is -2.43. The average molecular weight is 675 g/mol. The van der Waals surface area contributed by atoms with E-state index in [0.717, 1.165) is 0 Å². The van der Waals surface area contributed by atoms with Gasteiger partial charge in [0.1, 0.15) is 29.5 Å². The number of carbonyl (C=O) groups excluding carboxylic acids is 3. The van der Waals surface area contributed by atoms with E-state index in [1.165, 1.54) is 32.2 Å². The molecule has 6 atom stereocenters. The first-order chi connectivity index (χ1) is 23.3. The number of rotatable bonds is 9. The second-order valence-corrected chi connectivity index (χ2v) is 12.5. The summed E-state index contributed by atoms with van der Waals surface area (Å²) in [5, 5.41) is 68.3. The highest BCUT2D eigenvalue weighted by Gasteiger charge is 2.50. The minimum Gasteiger partial charge on any atom is -0.507 e. The Kier molecular flexibility index (Phi) is 9.09. The van der Waals surface area contributed by atoms with Crippen molar-refractivity contribution in [1.82, 2.24) is 5.23 Å². The maximum atomic E-state index is 13.9. The number of hydrogen-bond acceptors (Lipinski definition) is 13. The minimum absolute atomic E-state index is 0.0608. The number of nitrogens with one attached hydrogen (secondary N) is 1. The lowest BCUT2D eigenvalue weighted by atomic mass is 9.55. The number of ether oxygens (including phenoxy) is 3. The molecular formula is C34H34BNO13. The summed E-state index contributed by atoms with van der Waals surface area (Å²) in [5.41, 5.74) is -3.63. The van der Waals surface area contributed by atoms with Crippen molar-refractivity contribution in [3.63, 3.8) is 0 Å². The zero-order valence-corrected chi connectivity index (χ0v) is 26.5. The third-order valence-corrected chi connectivity index (χ3v) is 9.52. The van der Waals surface area contributed by atoms with E-state index in [9.17, 15) is 49.8 Å². The molecule has 0 aromatic heterocycles. The molecule has 2 aliphatic carbocycles. The summed E-state index contributed by atoms with van der Waals surface area (Å²) in [7, 11) is 1.30. The zero-order chi connectivity index (χ0) is 35.4. The Bertz CT molecular complexity index is 1850. The van der Waals surface area contributed by atoms with Gasteiger partial charge in [0.2, 0.25) is 5.78 Å². The Morgan fingerprint density at radius 1 is 1.02 bits per heavy atom. The van der Waals surface area contributed by atoms with Crippen molar-refractivity contribution in [1.29, 1.82) is 0 Å². The number of carboxylic acid groups (broad SMARTS) is 1. The van der Waals surface area contributed by atoms with E-state index in [2.05, 4.69) is 5.23 Å². The van der Waals surface area contributed by atoms with Gasteiger partial charge in [-0.2, -0.15) is 0 Å². The van der Waals surface area contributed by atoms with Crippen LogP contribution in [0.1, 0.15) is 68.8 Å². The van der Waals surface area contributed by atoms with Gasteiger partial charge in [0, 0.05) is 42.0 Å². The van der Waals surface area contributed by atoms with Crippen molar-refractivity contribution in [2.24, 2.45) is 0 Å². The number of benzene rings is 3. The van der Waals surface area contributed by atoms with Crippen LogP contribution >= 0.6 is 0 Å². The van der Waals surface area contributed by atoms with Gasteiger partial charge in [0.15, 0.2) is 17.9 Å². The van der Waals surface area contributed by atoms with Gasteiger partial charge in [0.25, 0.3) is 5.87 Å². The van der Waals surface area contributed by atoms with E-state index in [4.69, 9.17) is 14.2 Å². The number of carbonyl (C=O) groups is 4. The average Bonchev–Trinajstić information content (AvgIpc) is 3.08. The van der Waals surface area contributed by atoms with Crippen LogP contribution in [0.2, 0.25) is 0 Å². The van der Waals surface area contributed by atoms with E-state index in [1.54, 1.807) is 30.3 Å². The molecule has 14 nitrogen and oxygen atoms in total. The van der Waals surface area contributed by atoms with E-state index < -0.39 is 108 Å². The summed E-state index contributed by atoms with van der Waals surface area (Å²) in [4.78, 5) is 52.7. The SMILES string of the molecule is COc1cccc2c1C(=O)c1c(O)c3c(c(O)c1C2=O)C[C@@](O)(C(=O)CO)C[C@@H]3OC1CC(NB(C(=O)O)c2ccccc2)C(O)C(C)O1. The number of phenolic OH excluding ortho intramolecular Hbond substituents is 2. The molecule has 7 N–H and O–H groups in total. The van der Waals surface area contributed by atoms with Crippen LogP contribution in [0, 0.1) is 0 Å². The van der Waals surface area contributed by atoms with Crippen LogP contribution in [0.15, 0.2) is 48.5 Å².